The predicted molar refractivity (Wildman–Crippen MR) is 192 cm³/mol. The summed E-state index contributed by atoms with van der Waals surface area (Å²) in [5.74, 6) is 0. The molecule has 2 aliphatic heterocycles. The number of aromatic amines is 2. The lowest BCUT2D eigenvalue weighted by Crippen LogP contribution is -1.87. The summed E-state index contributed by atoms with van der Waals surface area (Å²) >= 11 is 0. The van der Waals surface area contributed by atoms with Gasteiger partial charge < -0.3 is 9.97 Å². The summed E-state index contributed by atoms with van der Waals surface area (Å²) in [4.78, 5) is 18.4. The molecule has 3 aromatic heterocycles. The minimum absolute atomic E-state index is 1.05. The molecule has 2 aliphatic rings. The Kier molecular flexibility index (Phi) is 10.3. The standard InChI is InChI=1S/C40H54N4/c1-9-13-17-29-25(5)33-22-38-31(19-15-11-3)27(7)35(43-38)24-40-32(20-16-12-4)28(8)36(44-40)23-39-30(18-14-10-2)26(6)34(42-39)21-37(29)41-33/h21-24,41-42H,9-20H2,1-8H3. The second-order valence-corrected chi connectivity index (χ2v) is 13.1. The number of nitrogens with zero attached hydrogens (tertiary/aromatic N) is 2. The highest BCUT2D eigenvalue weighted by molar-refractivity contribution is 5.95. The maximum absolute atomic E-state index is 5.32. The third kappa shape index (κ3) is 6.36. The highest BCUT2D eigenvalue weighted by atomic mass is 14.8. The van der Waals surface area contributed by atoms with Crippen LogP contribution in [0.1, 0.15) is 151 Å². The van der Waals surface area contributed by atoms with Crippen LogP contribution in [0.15, 0.2) is 24.3 Å². The fourth-order valence-corrected chi connectivity index (χ4v) is 6.91. The van der Waals surface area contributed by atoms with E-state index in [1.807, 2.05) is 0 Å². The molecular formula is C40H54N4. The van der Waals surface area contributed by atoms with Gasteiger partial charge in [0, 0.05) is 22.1 Å². The molecule has 0 aromatic carbocycles. The summed E-state index contributed by atoms with van der Waals surface area (Å²) in [5, 5.41) is 0. The number of aromatic nitrogens is 4. The molecule has 234 valence electrons. The summed E-state index contributed by atoms with van der Waals surface area (Å²) in [6, 6.07) is 9.29. The maximum Gasteiger partial charge on any atom is 0.0694 e. The van der Waals surface area contributed by atoms with E-state index in [1.54, 1.807) is 0 Å². The Hall–Kier alpha value is -3.40. The summed E-state index contributed by atoms with van der Waals surface area (Å²) in [5.41, 5.74) is 20.1. The molecule has 2 N–H and O–H groups in total. The van der Waals surface area contributed by atoms with Crippen LogP contribution in [0.5, 0.6) is 0 Å². The van der Waals surface area contributed by atoms with Crippen molar-refractivity contribution >= 4 is 44.4 Å². The van der Waals surface area contributed by atoms with E-state index in [0.717, 1.165) is 54.9 Å². The Morgan fingerprint density at radius 3 is 1.34 bits per heavy atom. The van der Waals surface area contributed by atoms with Gasteiger partial charge >= 0.3 is 0 Å². The van der Waals surface area contributed by atoms with E-state index in [9.17, 15) is 0 Å². The Morgan fingerprint density at radius 2 is 0.841 bits per heavy atom. The first kappa shape index (κ1) is 32.0. The minimum atomic E-state index is 1.05. The van der Waals surface area contributed by atoms with Crippen LogP contribution in [0, 0.1) is 13.8 Å². The van der Waals surface area contributed by atoms with Crippen LogP contribution in [0.2, 0.25) is 0 Å². The molecule has 0 radical (unpaired) electrons. The zero-order chi connectivity index (χ0) is 31.4. The fourth-order valence-electron chi connectivity index (χ4n) is 6.91. The van der Waals surface area contributed by atoms with Gasteiger partial charge in [0.05, 0.1) is 22.8 Å². The summed E-state index contributed by atoms with van der Waals surface area (Å²) < 4.78 is 0. The van der Waals surface area contributed by atoms with Crippen molar-refractivity contribution in [3.63, 3.8) is 0 Å². The van der Waals surface area contributed by atoms with Gasteiger partial charge in [-0.3, -0.25) is 0 Å². The monoisotopic (exact) mass is 590 g/mol. The van der Waals surface area contributed by atoms with Gasteiger partial charge in [0.1, 0.15) is 0 Å². The number of unbranched alkanes of at least 4 members (excludes halogenated alkanes) is 4. The van der Waals surface area contributed by atoms with Crippen molar-refractivity contribution in [2.45, 2.75) is 132 Å². The maximum atomic E-state index is 5.32. The normalized spacial score (nSPS) is 13.5. The molecule has 0 saturated carbocycles. The van der Waals surface area contributed by atoms with E-state index in [4.69, 9.17) is 9.97 Å². The van der Waals surface area contributed by atoms with E-state index in [0.29, 0.717) is 0 Å². The van der Waals surface area contributed by atoms with Crippen molar-refractivity contribution in [3.05, 3.63) is 69.3 Å². The lowest BCUT2D eigenvalue weighted by Gasteiger charge is -2.04. The molecule has 0 saturated heterocycles. The van der Waals surface area contributed by atoms with Gasteiger partial charge in [-0.1, -0.05) is 53.4 Å². The second kappa shape index (κ2) is 14.1. The first-order valence-electron chi connectivity index (χ1n) is 17.4. The first-order chi connectivity index (χ1) is 21.3. The highest BCUT2D eigenvalue weighted by Gasteiger charge is 2.21. The lowest BCUT2D eigenvalue weighted by atomic mass is 9.98. The lowest BCUT2D eigenvalue weighted by molar-refractivity contribution is 0.796. The Morgan fingerprint density at radius 1 is 0.455 bits per heavy atom. The average Bonchev–Trinajstić information content (AvgIpc) is 3.66. The molecule has 0 unspecified atom stereocenters. The first-order valence-corrected chi connectivity index (χ1v) is 17.4. The number of rotatable bonds is 12. The van der Waals surface area contributed by atoms with Gasteiger partial charge in [-0.25, -0.2) is 9.97 Å². The van der Waals surface area contributed by atoms with Crippen molar-refractivity contribution < 1.29 is 0 Å². The van der Waals surface area contributed by atoms with Crippen molar-refractivity contribution in [1.29, 1.82) is 0 Å². The number of allylic oxidation sites excluding steroid dienone is 4. The molecule has 5 rings (SSSR count). The minimum Gasteiger partial charge on any atom is -0.355 e. The van der Waals surface area contributed by atoms with Crippen molar-refractivity contribution in [3.8, 4) is 0 Å². The van der Waals surface area contributed by atoms with E-state index >= 15 is 0 Å². The molecule has 44 heavy (non-hydrogen) atoms. The van der Waals surface area contributed by atoms with Gasteiger partial charge in [-0.05, 0) is 148 Å². The molecule has 0 spiro atoms. The molecule has 3 aromatic rings. The third-order valence-corrected chi connectivity index (χ3v) is 9.92. The molecule has 0 fully saturated rings. The molecule has 0 aliphatic carbocycles. The Bertz CT molecular complexity index is 1740. The van der Waals surface area contributed by atoms with Crippen molar-refractivity contribution in [1.82, 2.24) is 19.9 Å². The number of H-pyrrole nitrogens is 2. The van der Waals surface area contributed by atoms with E-state index < -0.39 is 0 Å². The summed E-state index contributed by atoms with van der Waals surface area (Å²) in [6.07, 6.45) is 13.7. The van der Waals surface area contributed by atoms with E-state index in [1.165, 1.54) is 112 Å². The fraction of sp³-hybridized carbons (Fsp3) is 0.500. The number of hydrogen-bond donors (Lipinski definition) is 2. The van der Waals surface area contributed by atoms with Crippen LogP contribution in [0.25, 0.3) is 44.4 Å². The van der Waals surface area contributed by atoms with Gasteiger partial charge in [0.15, 0.2) is 0 Å². The van der Waals surface area contributed by atoms with Crippen molar-refractivity contribution in [2.75, 3.05) is 0 Å². The highest BCUT2D eigenvalue weighted by Crippen LogP contribution is 2.38. The molecule has 4 heteroatoms. The topological polar surface area (TPSA) is 57.4 Å². The quantitative estimate of drug-likeness (QED) is 0.220. The zero-order valence-corrected chi connectivity index (χ0v) is 28.7. The molecule has 4 nitrogen and oxygen atoms in total. The van der Waals surface area contributed by atoms with E-state index in [-0.39, 0.29) is 0 Å². The van der Waals surface area contributed by atoms with Crippen LogP contribution in [-0.2, 0) is 12.8 Å². The van der Waals surface area contributed by atoms with E-state index in [2.05, 4.69) is 89.6 Å². The van der Waals surface area contributed by atoms with Crippen LogP contribution in [0.4, 0.5) is 0 Å². The van der Waals surface area contributed by atoms with Crippen LogP contribution < -0.4 is 0 Å². The van der Waals surface area contributed by atoms with Gasteiger partial charge in [0.25, 0.3) is 0 Å². The molecular weight excluding hydrogens is 536 g/mol. The predicted octanol–water partition coefficient (Wildman–Crippen LogP) is 11.9. The smallest absolute Gasteiger partial charge is 0.0694 e. The Balaban J connectivity index is 1.91. The van der Waals surface area contributed by atoms with Crippen LogP contribution in [0.3, 0.4) is 0 Å². The molecule has 0 amide bonds. The average molecular weight is 591 g/mol. The summed E-state index contributed by atoms with van der Waals surface area (Å²) in [6.45, 7) is 18.2. The number of fused-ring (bicyclic) bond motifs is 8. The molecule has 8 bridgehead atoms. The van der Waals surface area contributed by atoms with Gasteiger partial charge in [0.2, 0.25) is 0 Å². The number of hydrogen-bond acceptors (Lipinski definition) is 2. The summed E-state index contributed by atoms with van der Waals surface area (Å²) in [7, 11) is 0. The second-order valence-electron chi connectivity index (χ2n) is 13.1. The SMILES string of the molecule is CCCCC1=C(C)c2cc3[nH]c(cc4[nH]c(cc5nc(cc1n2)C(C)=C5CCCC)c(C)c4CCCC)c(C)c3CCCC. The zero-order valence-electron chi connectivity index (χ0n) is 28.7. The number of aryl methyl sites for hydroxylation is 4. The largest absolute Gasteiger partial charge is 0.355 e. The van der Waals surface area contributed by atoms with Crippen molar-refractivity contribution in [2.24, 2.45) is 0 Å². The number of nitrogens with one attached hydrogen (secondary N) is 2. The van der Waals surface area contributed by atoms with Crippen LogP contribution >= 0.6 is 0 Å². The van der Waals surface area contributed by atoms with Crippen LogP contribution in [-0.4, -0.2) is 19.9 Å². The van der Waals surface area contributed by atoms with Gasteiger partial charge in [-0.2, -0.15) is 0 Å². The molecule has 0 atom stereocenters. The Labute approximate surface area is 265 Å². The molecule has 5 heterocycles. The van der Waals surface area contributed by atoms with Gasteiger partial charge in [-0.15, -0.1) is 0 Å². The third-order valence-electron chi connectivity index (χ3n) is 9.92.